The molecule has 0 aromatic heterocycles. The van der Waals surface area contributed by atoms with Gasteiger partial charge in [-0.25, -0.2) is 0 Å². The van der Waals surface area contributed by atoms with Crippen molar-refractivity contribution >= 4 is 0 Å². The summed E-state index contributed by atoms with van der Waals surface area (Å²) in [5.74, 6) is 0. The molecule has 0 fully saturated rings. The Morgan fingerprint density at radius 1 is 0.579 bits per heavy atom. The number of benzene rings is 2. The van der Waals surface area contributed by atoms with Crippen LogP contribution in [0.5, 0.6) is 0 Å². The van der Waals surface area contributed by atoms with E-state index in [9.17, 15) is 0 Å². The van der Waals surface area contributed by atoms with Gasteiger partial charge in [0.15, 0.2) is 0 Å². The van der Waals surface area contributed by atoms with Gasteiger partial charge in [-0.05, 0) is 61.1 Å². The van der Waals surface area contributed by atoms with Crippen molar-refractivity contribution in [3.05, 3.63) is 69.8 Å². The van der Waals surface area contributed by atoms with E-state index in [0.717, 1.165) is 0 Å². The summed E-state index contributed by atoms with van der Waals surface area (Å²) < 4.78 is 0. The molecule has 0 radical (unpaired) electrons. The van der Waals surface area contributed by atoms with Gasteiger partial charge >= 0.3 is 0 Å². The summed E-state index contributed by atoms with van der Waals surface area (Å²) in [6, 6.07) is 13.2. The molecule has 0 atom stereocenters. The minimum atomic E-state index is 0.0465. The van der Waals surface area contributed by atoms with Gasteiger partial charge in [-0.15, -0.1) is 0 Å². The van der Waals surface area contributed by atoms with Crippen molar-refractivity contribution in [2.45, 2.75) is 47.0 Å². The van der Waals surface area contributed by atoms with E-state index in [2.05, 4.69) is 77.9 Å². The Bertz CT molecular complexity index is 509. The maximum Gasteiger partial charge on any atom is 0.0157 e. The first kappa shape index (κ1) is 13.9. The van der Waals surface area contributed by atoms with Crippen LogP contribution in [0.4, 0.5) is 0 Å². The summed E-state index contributed by atoms with van der Waals surface area (Å²) in [5, 5.41) is 0. The van der Waals surface area contributed by atoms with Crippen LogP contribution in [0.2, 0.25) is 0 Å². The molecule has 0 saturated carbocycles. The maximum absolute atomic E-state index is 2.34. The molecule has 0 nitrogen and oxygen atoms in total. The van der Waals surface area contributed by atoms with Gasteiger partial charge in [0.2, 0.25) is 0 Å². The zero-order chi connectivity index (χ0) is 14.2. The summed E-state index contributed by atoms with van der Waals surface area (Å²) in [4.78, 5) is 0. The molecule has 0 heteroatoms. The minimum Gasteiger partial charge on any atom is -0.0617 e. The Kier molecular flexibility index (Phi) is 3.54. The Hall–Kier alpha value is -1.56. The first-order chi connectivity index (χ1) is 8.85. The Morgan fingerprint density at radius 3 is 1.11 bits per heavy atom. The average molecular weight is 252 g/mol. The number of hydrogen-bond acceptors (Lipinski definition) is 0. The molecule has 0 amide bonds. The smallest absolute Gasteiger partial charge is 0.0157 e. The molecular weight excluding hydrogens is 228 g/mol. The van der Waals surface area contributed by atoms with Gasteiger partial charge < -0.3 is 0 Å². The first-order valence-electron chi connectivity index (χ1n) is 6.99. The van der Waals surface area contributed by atoms with Gasteiger partial charge in [0, 0.05) is 5.41 Å². The lowest BCUT2D eigenvalue weighted by Gasteiger charge is -2.32. The third kappa shape index (κ3) is 2.32. The van der Waals surface area contributed by atoms with Gasteiger partial charge in [0.1, 0.15) is 0 Å². The standard InChI is InChI=1S/C19H24/c1-13-9-7-10-14(2)17(13)19(5,6)18-15(3)11-8-12-16(18)4/h7-12H,1-6H3. The second-order valence-corrected chi connectivity index (χ2v) is 6.16. The molecule has 0 aliphatic heterocycles. The maximum atomic E-state index is 2.34. The highest BCUT2D eigenvalue weighted by Gasteiger charge is 2.29. The second-order valence-electron chi connectivity index (χ2n) is 6.16. The van der Waals surface area contributed by atoms with Gasteiger partial charge in [0.05, 0.1) is 0 Å². The molecular formula is C19H24. The Morgan fingerprint density at radius 2 is 0.842 bits per heavy atom. The van der Waals surface area contributed by atoms with Crippen molar-refractivity contribution in [3.8, 4) is 0 Å². The lowest BCUT2D eigenvalue weighted by atomic mass is 9.71. The number of rotatable bonds is 2. The van der Waals surface area contributed by atoms with E-state index < -0.39 is 0 Å². The molecule has 2 aromatic rings. The molecule has 0 aliphatic carbocycles. The first-order valence-corrected chi connectivity index (χ1v) is 6.99. The average Bonchev–Trinajstić information content (AvgIpc) is 2.27. The molecule has 0 aliphatic rings. The van der Waals surface area contributed by atoms with E-state index in [0.29, 0.717) is 0 Å². The van der Waals surface area contributed by atoms with Gasteiger partial charge in [-0.2, -0.15) is 0 Å². The van der Waals surface area contributed by atoms with E-state index in [1.807, 2.05) is 0 Å². The van der Waals surface area contributed by atoms with Gasteiger partial charge in [-0.3, -0.25) is 0 Å². The predicted octanol–water partition coefficient (Wildman–Crippen LogP) is 5.25. The summed E-state index contributed by atoms with van der Waals surface area (Å²) in [5.41, 5.74) is 8.51. The van der Waals surface area contributed by atoms with Crippen LogP contribution in [0.25, 0.3) is 0 Å². The van der Waals surface area contributed by atoms with Crippen LogP contribution in [0.3, 0.4) is 0 Å². The van der Waals surface area contributed by atoms with Crippen LogP contribution in [0.15, 0.2) is 36.4 Å². The quantitative estimate of drug-likeness (QED) is 0.685. The van der Waals surface area contributed by atoms with Crippen LogP contribution >= 0.6 is 0 Å². The number of hydrogen-bond donors (Lipinski definition) is 0. The van der Waals surface area contributed by atoms with Crippen molar-refractivity contribution in [3.63, 3.8) is 0 Å². The molecule has 19 heavy (non-hydrogen) atoms. The fourth-order valence-corrected chi connectivity index (χ4v) is 3.73. The molecule has 100 valence electrons. The number of aryl methyl sites for hydroxylation is 4. The third-order valence-electron chi connectivity index (χ3n) is 4.21. The van der Waals surface area contributed by atoms with Crippen LogP contribution in [-0.2, 0) is 5.41 Å². The van der Waals surface area contributed by atoms with Crippen molar-refractivity contribution in [2.75, 3.05) is 0 Å². The zero-order valence-corrected chi connectivity index (χ0v) is 13.0. The predicted molar refractivity (Wildman–Crippen MR) is 84.0 cm³/mol. The van der Waals surface area contributed by atoms with Crippen LogP contribution in [0.1, 0.15) is 47.2 Å². The van der Waals surface area contributed by atoms with Gasteiger partial charge in [0.25, 0.3) is 0 Å². The molecule has 0 saturated heterocycles. The van der Waals surface area contributed by atoms with Crippen molar-refractivity contribution in [2.24, 2.45) is 0 Å². The zero-order valence-electron chi connectivity index (χ0n) is 13.0. The van der Waals surface area contributed by atoms with E-state index >= 15 is 0 Å². The molecule has 0 bridgehead atoms. The third-order valence-corrected chi connectivity index (χ3v) is 4.21. The highest BCUT2D eigenvalue weighted by Crippen LogP contribution is 2.38. The highest BCUT2D eigenvalue weighted by molar-refractivity contribution is 5.51. The molecule has 0 heterocycles. The SMILES string of the molecule is Cc1cccc(C)c1C(C)(C)c1c(C)cccc1C. The summed E-state index contributed by atoms with van der Waals surface area (Å²) >= 11 is 0. The fraction of sp³-hybridized carbons (Fsp3) is 0.368. The Labute approximate surface area is 117 Å². The molecule has 0 spiro atoms. The van der Waals surface area contributed by atoms with E-state index in [-0.39, 0.29) is 5.41 Å². The Balaban J connectivity index is 2.73. The van der Waals surface area contributed by atoms with E-state index in [1.54, 1.807) is 0 Å². The largest absolute Gasteiger partial charge is 0.0617 e. The van der Waals surface area contributed by atoms with Gasteiger partial charge in [-0.1, -0.05) is 50.2 Å². The summed E-state index contributed by atoms with van der Waals surface area (Å²) in [6.07, 6.45) is 0. The van der Waals surface area contributed by atoms with Crippen molar-refractivity contribution in [1.29, 1.82) is 0 Å². The lowest BCUT2D eigenvalue weighted by Crippen LogP contribution is -2.24. The molecule has 0 unspecified atom stereocenters. The topological polar surface area (TPSA) is 0 Å². The molecule has 0 N–H and O–H groups in total. The van der Waals surface area contributed by atoms with E-state index in [1.165, 1.54) is 33.4 Å². The monoisotopic (exact) mass is 252 g/mol. The summed E-state index contributed by atoms with van der Waals surface area (Å²) in [7, 11) is 0. The normalized spacial score (nSPS) is 11.7. The van der Waals surface area contributed by atoms with Crippen molar-refractivity contribution < 1.29 is 0 Å². The van der Waals surface area contributed by atoms with Crippen LogP contribution in [-0.4, -0.2) is 0 Å². The molecule has 2 aromatic carbocycles. The minimum absolute atomic E-state index is 0.0465. The highest BCUT2D eigenvalue weighted by atomic mass is 14.3. The molecule has 2 rings (SSSR count). The van der Waals surface area contributed by atoms with Crippen molar-refractivity contribution in [1.82, 2.24) is 0 Å². The van der Waals surface area contributed by atoms with E-state index in [4.69, 9.17) is 0 Å². The lowest BCUT2D eigenvalue weighted by molar-refractivity contribution is 0.622. The van der Waals surface area contributed by atoms with Crippen LogP contribution in [0, 0.1) is 27.7 Å². The second kappa shape index (κ2) is 4.85. The summed E-state index contributed by atoms with van der Waals surface area (Å²) in [6.45, 7) is 13.6. The van der Waals surface area contributed by atoms with Crippen LogP contribution < -0.4 is 0 Å². The fourth-order valence-electron chi connectivity index (χ4n) is 3.73.